The van der Waals surface area contributed by atoms with Gasteiger partial charge in [-0.15, -0.1) is 0 Å². The van der Waals surface area contributed by atoms with Crippen LogP contribution in [0, 0.1) is 10.1 Å². The molecular formula is C30H31ClN4O7S. The van der Waals surface area contributed by atoms with Crippen LogP contribution in [0.4, 0.5) is 11.4 Å². The molecule has 0 unspecified atom stereocenters. The molecule has 0 N–H and O–H groups in total. The second-order valence-corrected chi connectivity index (χ2v) is 11.4. The summed E-state index contributed by atoms with van der Waals surface area (Å²) in [4.78, 5) is 46.2. The Bertz CT molecular complexity index is 1780. The number of halogens is 1. The normalized spacial score (nSPS) is 17.0. The van der Waals surface area contributed by atoms with Crippen LogP contribution in [0.5, 0.6) is 5.75 Å². The molecule has 1 atom stereocenters. The number of anilines is 1. The standard InChI is InChI=1S/C30H31ClN4O7S/c1-4-6-21-26(29(37)42-5-2)27(20-17-19(31)8-10-24(20)40-3)34-28(36)25(43-30(34)32-21)16-18-7-9-22(23(15-18)35(38)39)33-11-13-41-14-12-33/h7-10,15-17,27H,4-6,11-14H2,1-3H3/b25-16-/t27-/m0/s1. The summed E-state index contributed by atoms with van der Waals surface area (Å²) >= 11 is 7.55. The van der Waals surface area contributed by atoms with Crippen molar-refractivity contribution in [1.82, 2.24) is 4.57 Å². The predicted octanol–water partition coefficient (Wildman–Crippen LogP) is 3.99. The second-order valence-electron chi connectivity index (χ2n) is 9.90. The molecule has 43 heavy (non-hydrogen) atoms. The third-order valence-corrected chi connectivity index (χ3v) is 8.44. The number of hydrogen-bond donors (Lipinski definition) is 0. The smallest absolute Gasteiger partial charge is 0.338 e. The summed E-state index contributed by atoms with van der Waals surface area (Å²) in [5.41, 5.74) is 1.81. The largest absolute Gasteiger partial charge is 0.496 e. The van der Waals surface area contributed by atoms with Gasteiger partial charge in [0.15, 0.2) is 4.80 Å². The van der Waals surface area contributed by atoms with Crippen LogP contribution in [0.3, 0.4) is 0 Å². The maximum Gasteiger partial charge on any atom is 0.338 e. The van der Waals surface area contributed by atoms with E-state index in [1.165, 1.54) is 17.7 Å². The van der Waals surface area contributed by atoms with Gasteiger partial charge in [0.2, 0.25) is 0 Å². The molecule has 0 bridgehead atoms. The Labute approximate surface area is 256 Å². The number of methoxy groups -OCH3 is 1. The Kier molecular flexibility index (Phi) is 9.28. The van der Waals surface area contributed by atoms with Crippen LogP contribution in [0.1, 0.15) is 43.9 Å². The number of esters is 1. The number of thiazole rings is 1. The zero-order valence-electron chi connectivity index (χ0n) is 24.0. The minimum atomic E-state index is -0.911. The number of nitro groups is 1. The van der Waals surface area contributed by atoms with E-state index in [1.807, 2.05) is 11.8 Å². The van der Waals surface area contributed by atoms with Crippen LogP contribution in [0.15, 0.2) is 57.5 Å². The van der Waals surface area contributed by atoms with Crippen LogP contribution in [-0.2, 0) is 14.3 Å². The Morgan fingerprint density at radius 2 is 2.00 bits per heavy atom. The highest BCUT2D eigenvalue weighted by Gasteiger charge is 2.36. The fraction of sp³-hybridized carbons (Fsp3) is 0.367. The number of rotatable bonds is 9. The molecular weight excluding hydrogens is 596 g/mol. The lowest BCUT2D eigenvalue weighted by atomic mass is 9.93. The molecule has 5 rings (SSSR count). The van der Waals surface area contributed by atoms with Gasteiger partial charge in [-0.3, -0.25) is 19.5 Å². The van der Waals surface area contributed by atoms with Gasteiger partial charge in [0.05, 0.1) is 47.7 Å². The topological polar surface area (TPSA) is 126 Å². The van der Waals surface area contributed by atoms with Crippen LogP contribution in [-0.4, -0.2) is 55.5 Å². The summed E-state index contributed by atoms with van der Waals surface area (Å²) in [6.07, 6.45) is 2.79. The van der Waals surface area contributed by atoms with Gasteiger partial charge in [0.25, 0.3) is 11.2 Å². The number of nitrogens with zero attached hydrogens (tertiary/aromatic N) is 4. The molecule has 1 saturated heterocycles. The lowest BCUT2D eigenvalue weighted by Gasteiger charge is -2.28. The minimum Gasteiger partial charge on any atom is -0.496 e. The summed E-state index contributed by atoms with van der Waals surface area (Å²) < 4.78 is 18.2. The number of hydrogen-bond acceptors (Lipinski definition) is 10. The van der Waals surface area contributed by atoms with Gasteiger partial charge in [-0.1, -0.05) is 42.3 Å². The van der Waals surface area contributed by atoms with Crippen molar-refractivity contribution < 1.29 is 23.9 Å². The Balaban J connectivity index is 1.71. The average molecular weight is 627 g/mol. The highest BCUT2D eigenvalue weighted by atomic mass is 35.5. The summed E-state index contributed by atoms with van der Waals surface area (Å²) in [6.45, 7) is 5.92. The van der Waals surface area contributed by atoms with E-state index < -0.39 is 22.5 Å². The molecule has 3 heterocycles. The van der Waals surface area contributed by atoms with E-state index in [1.54, 1.807) is 43.3 Å². The van der Waals surface area contributed by atoms with Gasteiger partial charge in [0.1, 0.15) is 17.5 Å². The van der Waals surface area contributed by atoms with E-state index in [0.29, 0.717) is 81.8 Å². The number of allylic oxidation sites excluding steroid dienone is 1. The van der Waals surface area contributed by atoms with Gasteiger partial charge in [-0.2, -0.15) is 0 Å². The summed E-state index contributed by atoms with van der Waals surface area (Å²) in [7, 11) is 1.50. The molecule has 0 spiro atoms. The molecule has 2 aliphatic heterocycles. The zero-order chi connectivity index (χ0) is 30.7. The van der Waals surface area contributed by atoms with Crippen molar-refractivity contribution >= 4 is 46.4 Å². The lowest BCUT2D eigenvalue weighted by Crippen LogP contribution is -2.40. The molecule has 3 aromatic rings. The molecule has 226 valence electrons. The number of morpholine rings is 1. The van der Waals surface area contributed by atoms with Crippen molar-refractivity contribution in [2.75, 3.05) is 44.9 Å². The van der Waals surface area contributed by atoms with Crippen molar-refractivity contribution in [3.05, 3.63) is 93.6 Å². The average Bonchev–Trinajstić information content (AvgIpc) is 3.31. The quantitative estimate of drug-likeness (QED) is 0.198. The molecule has 13 heteroatoms. The minimum absolute atomic E-state index is 0.0557. The van der Waals surface area contributed by atoms with E-state index in [9.17, 15) is 19.7 Å². The highest BCUT2D eigenvalue weighted by Crippen LogP contribution is 2.38. The van der Waals surface area contributed by atoms with E-state index >= 15 is 0 Å². The molecule has 2 aromatic carbocycles. The van der Waals surface area contributed by atoms with Gasteiger partial charge < -0.3 is 19.1 Å². The first-order valence-corrected chi connectivity index (χ1v) is 15.1. The lowest BCUT2D eigenvalue weighted by molar-refractivity contribution is -0.384. The number of ether oxygens (including phenoxy) is 3. The molecule has 1 aromatic heterocycles. The second kappa shape index (κ2) is 13.1. The van der Waals surface area contributed by atoms with Crippen molar-refractivity contribution in [3.8, 4) is 5.75 Å². The summed E-state index contributed by atoms with van der Waals surface area (Å²) in [5, 5.41) is 12.4. The van der Waals surface area contributed by atoms with E-state index in [0.717, 1.165) is 11.3 Å². The fourth-order valence-electron chi connectivity index (χ4n) is 5.33. The molecule has 0 radical (unpaired) electrons. The monoisotopic (exact) mass is 626 g/mol. The predicted molar refractivity (Wildman–Crippen MR) is 164 cm³/mol. The van der Waals surface area contributed by atoms with Gasteiger partial charge in [-0.05, 0) is 49.2 Å². The Hall–Kier alpha value is -4.00. The van der Waals surface area contributed by atoms with Crippen molar-refractivity contribution in [1.29, 1.82) is 0 Å². The molecule has 2 aliphatic rings. The number of benzene rings is 2. The van der Waals surface area contributed by atoms with Crippen molar-refractivity contribution in [3.63, 3.8) is 0 Å². The van der Waals surface area contributed by atoms with Gasteiger partial charge >= 0.3 is 5.97 Å². The van der Waals surface area contributed by atoms with Crippen molar-refractivity contribution in [2.24, 2.45) is 4.99 Å². The first-order chi connectivity index (χ1) is 20.8. The maximum absolute atomic E-state index is 14.1. The van der Waals surface area contributed by atoms with Gasteiger partial charge in [0, 0.05) is 29.7 Å². The number of fused-ring (bicyclic) bond motifs is 1. The molecule has 11 nitrogen and oxygen atoms in total. The first kappa shape index (κ1) is 30.5. The van der Waals surface area contributed by atoms with Crippen LogP contribution < -0.4 is 24.5 Å². The summed E-state index contributed by atoms with van der Waals surface area (Å²) in [5.74, 6) is -0.136. The Morgan fingerprint density at radius 3 is 2.67 bits per heavy atom. The third kappa shape index (κ3) is 6.08. The summed E-state index contributed by atoms with van der Waals surface area (Å²) in [6, 6.07) is 9.03. The SMILES string of the molecule is CCCC1=C(C(=O)OCC)[C@H](c2cc(Cl)ccc2OC)n2c(s/c(=C\c3ccc(N4CCOCC4)c([N+](=O)[O-])c3)c2=O)=N1. The van der Waals surface area contributed by atoms with Crippen LogP contribution in [0.25, 0.3) is 6.08 Å². The first-order valence-electron chi connectivity index (χ1n) is 13.9. The van der Waals surface area contributed by atoms with Crippen molar-refractivity contribution in [2.45, 2.75) is 32.7 Å². The molecule has 1 fully saturated rings. The number of aromatic nitrogens is 1. The van der Waals surface area contributed by atoms with E-state index in [2.05, 4.69) is 0 Å². The Morgan fingerprint density at radius 1 is 1.23 bits per heavy atom. The fourth-order valence-corrected chi connectivity index (χ4v) is 6.53. The van der Waals surface area contributed by atoms with Crippen LogP contribution in [0.2, 0.25) is 5.02 Å². The number of nitro benzene ring substituents is 1. The van der Waals surface area contributed by atoms with E-state index in [4.69, 9.17) is 30.8 Å². The van der Waals surface area contributed by atoms with Gasteiger partial charge in [-0.25, -0.2) is 9.79 Å². The molecule has 0 amide bonds. The maximum atomic E-state index is 14.1. The zero-order valence-corrected chi connectivity index (χ0v) is 25.6. The third-order valence-electron chi connectivity index (χ3n) is 7.22. The highest BCUT2D eigenvalue weighted by molar-refractivity contribution is 7.07. The van der Waals surface area contributed by atoms with Crippen LogP contribution >= 0.6 is 22.9 Å². The molecule has 0 aliphatic carbocycles. The number of carbonyl (C=O) groups excluding carboxylic acids is 1. The van der Waals surface area contributed by atoms with E-state index in [-0.39, 0.29) is 17.9 Å². The number of carbonyl (C=O) groups is 1. The molecule has 0 saturated carbocycles.